The molecule has 1 heterocycles. The molecule has 0 fully saturated rings. The number of aromatic amines is 2. The Morgan fingerprint density at radius 1 is 0.909 bits per heavy atom. The number of hydrogen-bond acceptors (Lipinski definition) is 4. The lowest BCUT2D eigenvalue weighted by Crippen LogP contribution is -2.20. The highest BCUT2D eigenvalue weighted by Crippen LogP contribution is 2.14. The van der Waals surface area contributed by atoms with Crippen LogP contribution in [0.5, 0.6) is 5.75 Å². The lowest BCUT2D eigenvalue weighted by atomic mass is 10.2. The van der Waals surface area contributed by atoms with Gasteiger partial charge in [-0.2, -0.15) is 0 Å². The minimum absolute atomic E-state index is 0.182. The first-order valence-electron chi connectivity index (χ1n) is 6.42. The first-order chi connectivity index (χ1) is 10.6. The van der Waals surface area contributed by atoms with Crippen LogP contribution in [0.3, 0.4) is 0 Å². The van der Waals surface area contributed by atoms with E-state index in [1.54, 1.807) is 30.3 Å². The number of carbonyl (C=O) groups excluding carboxylic acids is 1. The predicted molar refractivity (Wildman–Crippen MR) is 81.3 cm³/mol. The van der Waals surface area contributed by atoms with Crippen LogP contribution in [0.15, 0.2) is 58.1 Å². The lowest BCUT2D eigenvalue weighted by Gasteiger charge is -2.07. The molecule has 0 bridgehead atoms. The summed E-state index contributed by atoms with van der Waals surface area (Å²) in [4.78, 5) is 35.0. The first-order valence-corrected chi connectivity index (χ1v) is 6.42. The quantitative estimate of drug-likeness (QED) is 0.671. The maximum Gasteiger partial charge on any atom is 0.417 e. The third-order valence-corrected chi connectivity index (χ3v) is 3.00. The van der Waals surface area contributed by atoms with Gasteiger partial charge in [-0.05, 0) is 30.3 Å². The Morgan fingerprint density at radius 2 is 1.59 bits per heavy atom. The Bertz CT molecular complexity index is 944. The fourth-order valence-electron chi connectivity index (χ4n) is 2.00. The van der Waals surface area contributed by atoms with Gasteiger partial charge in [0, 0.05) is 5.69 Å². The SMILES string of the molecule is O=C(Nc1ccc2c(=O)[nH][nH]c(=O)c2c1)Oc1ccccc1. The standard InChI is InChI=1S/C15H11N3O4/c19-13-11-7-6-9(8-12(11)14(20)18-17-13)16-15(21)22-10-4-2-1-3-5-10/h1-8H,(H,16,21)(H,17,19)(H,18,20). The van der Waals surface area contributed by atoms with Gasteiger partial charge in [0.15, 0.2) is 0 Å². The summed E-state index contributed by atoms with van der Waals surface area (Å²) in [5.41, 5.74) is -0.507. The third kappa shape index (κ3) is 2.73. The second-order valence-electron chi connectivity index (χ2n) is 4.50. The van der Waals surface area contributed by atoms with Gasteiger partial charge < -0.3 is 4.74 Å². The van der Waals surface area contributed by atoms with E-state index in [1.165, 1.54) is 18.2 Å². The van der Waals surface area contributed by atoms with Gasteiger partial charge in [-0.25, -0.2) is 4.79 Å². The smallest absolute Gasteiger partial charge is 0.410 e. The van der Waals surface area contributed by atoms with Gasteiger partial charge in [0.05, 0.1) is 10.8 Å². The molecule has 1 aromatic heterocycles. The molecule has 22 heavy (non-hydrogen) atoms. The highest BCUT2D eigenvalue weighted by Gasteiger charge is 2.08. The van der Waals surface area contributed by atoms with Crippen molar-refractivity contribution in [1.82, 2.24) is 10.2 Å². The Labute approximate surface area is 123 Å². The second kappa shape index (κ2) is 5.57. The summed E-state index contributed by atoms with van der Waals surface area (Å²) in [7, 11) is 0. The number of aromatic nitrogens is 2. The van der Waals surface area contributed by atoms with Crippen molar-refractivity contribution >= 4 is 22.6 Å². The van der Waals surface area contributed by atoms with E-state index >= 15 is 0 Å². The van der Waals surface area contributed by atoms with Crippen molar-refractivity contribution in [2.75, 3.05) is 5.32 Å². The van der Waals surface area contributed by atoms with E-state index in [1.807, 2.05) is 0 Å². The van der Waals surface area contributed by atoms with Crippen LogP contribution in [-0.2, 0) is 0 Å². The summed E-state index contributed by atoms with van der Waals surface area (Å²) in [6.07, 6.45) is -0.688. The van der Waals surface area contributed by atoms with Gasteiger partial charge in [0.25, 0.3) is 11.1 Å². The van der Waals surface area contributed by atoms with Gasteiger partial charge in [0.2, 0.25) is 0 Å². The van der Waals surface area contributed by atoms with Crippen molar-refractivity contribution in [2.24, 2.45) is 0 Å². The molecule has 0 aliphatic carbocycles. The van der Waals surface area contributed by atoms with Crippen LogP contribution in [0, 0.1) is 0 Å². The van der Waals surface area contributed by atoms with E-state index in [2.05, 4.69) is 15.5 Å². The number of amides is 1. The normalized spacial score (nSPS) is 10.4. The van der Waals surface area contributed by atoms with Crippen molar-refractivity contribution in [3.63, 3.8) is 0 Å². The number of nitrogens with one attached hydrogen (secondary N) is 3. The molecule has 110 valence electrons. The topological polar surface area (TPSA) is 104 Å². The van der Waals surface area contributed by atoms with Crippen molar-refractivity contribution in [1.29, 1.82) is 0 Å². The first kappa shape index (κ1) is 13.6. The number of carbonyl (C=O) groups is 1. The Hall–Kier alpha value is -3.35. The van der Waals surface area contributed by atoms with Crippen molar-refractivity contribution in [3.05, 3.63) is 69.2 Å². The Morgan fingerprint density at radius 3 is 2.32 bits per heavy atom. The zero-order valence-corrected chi connectivity index (χ0v) is 11.3. The summed E-state index contributed by atoms with van der Waals surface area (Å²) >= 11 is 0. The molecule has 7 nitrogen and oxygen atoms in total. The monoisotopic (exact) mass is 297 g/mol. The van der Waals surface area contributed by atoms with E-state index in [0.29, 0.717) is 11.4 Å². The number of benzene rings is 2. The fraction of sp³-hybridized carbons (Fsp3) is 0. The maximum absolute atomic E-state index is 11.8. The van der Waals surface area contributed by atoms with E-state index in [-0.39, 0.29) is 10.8 Å². The average molecular weight is 297 g/mol. The van der Waals surface area contributed by atoms with Crippen LogP contribution in [-0.4, -0.2) is 16.3 Å². The van der Waals surface area contributed by atoms with Crippen LogP contribution in [0.1, 0.15) is 0 Å². The number of rotatable bonds is 2. The number of fused-ring (bicyclic) bond motifs is 1. The molecule has 1 amide bonds. The number of ether oxygens (including phenoxy) is 1. The fourth-order valence-corrected chi connectivity index (χ4v) is 2.00. The molecule has 0 atom stereocenters. The van der Waals surface area contributed by atoms with Crippen LogP contribution < -0.4 is 21.2 Å². The van der Waals surface area contributed by atoms with E-state index in [9.17, 15) is 14.4 Å². The second-order valence-corrected chi connectivity index (χ2v) is 4.50. The third-order valence-electron chi connectivity index (χ3n) is 3.00. The van der Waals surface area contributed by atoms with Crippen molar-refractivity contribution in [3.8, 4) is 5.75 Å². The molecular formula is C15H11N3O4. The Balaban J connectivity index is 1.85. The van der Waals surface area contributed by atoms with Crippen LogP contribution in [0.4, 0.5) is 10.5 Å². The highest BCUT2D eigenvalue weighted by atomic mass is 16.6. The van der Waals surface area contributed by atoms with E-state index in [4.69, 9.17) is 4.74 Å². The highest BCUT2D eigenvalue weighted by molar-refractivity contribution is 5.91. The predicted octanol–water partition coefficient (Wildman–Crippen LogP) is 1.83. The van der Waals surface area contributed by atoms with Gasteiger partial charge in [-0.3, -0.25) is 25.1 Å². The van der Waals surface area contributed by atoms with Crippen LogP contribution in [0.2, 0.25) is 0 Å². The molecule has 3 rings (SSSR count). The lowest BCUT2D eigenvalue weighted by molar-refractivity contribution is 0.215. The molecule has 2 aromatic carbocycles. The zero-order chi connectivity index (χ0) is 15.5. The van der Waals surface area contributed by atoms with Gasteiger partial charge in [-0.15, -0.1) is 0 Å². The molecule has 0 saturated carbocycles. The molecule has 0 aliphatic heterocycles. The summed E-state index contributed by atoms with van der Waals surface area (Å²) in [6, 6.07) is 13.0. The van der Waals surface area contributed by atoms with Crippen LogP contribution >= 0.6 is 0 Å². The van der Waals surface area contributed by atoms with Gasteiger partial charge >= 0.3 is 6.09 Å². The van der Waals surface area contributed by atoms with E-state index < -0.39 is 17.2 Å². The largest absolute Gasteiger partial charge is 0.417 e. The molecule has 3 N–H and O–H groups in total. The van der Waals surface area contributed by atoms with Crippen molar-refractivity contribution < 1.29 is 9.53 Å². The number of para-hydroxylation sites is 1. The average Bonchev–Trinajstić information content (AvgIpc) is 2.52. The summed E-state index contributed by atoms with van der Waals surface area (Å²) in [5, 5.41) is 7.38. The van der Waals surface area contributed by atoms with E-state index in [0.717, 1.165) is 0 Å². The maximum atomic E-state index is 11.8. The number of hydrogen-bond donors (Lipinski definition) is 3. The molecule has 0 unspecified atom stereocenters. The summed E-state index contributed by atoms with van der Waals surface area (Å²) in [5.74, 6) is 0.398. The summed E-state index contributed by atoms with van der Waals surface area (Å²) in [6.45, 7) is 0. The molecular weight excluding hydrogens is 286 g/mol. The molecule has 0 spiro atoms. The van der Waals surface area contributed by atoms with Gasteiger partial charge in [-0.1, -0.05) is 18.2 Å². The molecule has 0 radical (unpaired) electrons. The minimum Gasteiger partial charge on any atom is -0.410 e. The van der Waals surface area contributed by atoms with Crippen molar-refractivity contribution in [2.45, 2.75) is 0 Å². The minimum atomic E-state index is -0.688. The molecule has 3 aromatic rings. The molecule has 7 heteroatoms. The Kier molecular flexibility index (Phi) is 3.45. The van der Waals surface area contributed by atoms with Gasteiger partial charge in [0.1, 0.15) is 5.75 Å². The number of H-pyrrole nitrogens is 2. The molecule has 0 aliphatic rings. The molecule has 0 saturated heterocycles. The zero-order valence-electron chi connectivity index (χ0n) is 11.3. The number of anilines is 1. The van der Waals surface area contributed by atoms with Crippen LogP contribution in [0.25, 0.3) is 10.8 Å². The summed E-state index contributed by atoms with van der Waals surface area (Å²) < 4.78 is 5.08.